The number of benzene rings is 1. The van der Waals surface area contributed by atoms with E-state index in [1.54, 1.807) is 0 Å². The second-order valence-electron chi connectivity index (χ2n) is 3.09. The van der Waals surface area contributed by atoms with Crippen LogP contribution in [0, 0.1) is 13.0 Å². The maximum absolute atomic E-state index is 5.70. The van der Waals surface area contributed by atoms with Gasteiger partial charge in [-0.3, -0.25) is 0 Å². The van der Waals surface area contributed by atoms with Gasteiger partial charge in [-0.05, 0) is 30.7 Å². The van der Waals surface area contributed by atoms with Crippen LogP contribution in [-0.2, 0) is 0 Å². The first-order chi connectivity index (χ1) is 5.86. The molecule has 1 radical (unpaired) electrons. The molecule has 0 saturated carbocycles. The molecule has 2 heteroatoms. The lowest BCUT2D eigenvalue weighted by Crippen LogP contribution is -2.50. The van der Waals surface area contributed by atoms with E-state index < -0.39 is 0 Å². The van der Waals surface area contributed by atoms with Crippen molar-refractivity contribution in [2.24, 2.45) is 0 Å². The van der Waals surface area contributed by atoms with Crippen LogP contribution < -0.4 is 10.1 Å². The minimum atomic E-state index is 0.367. The Balaban J connectivity index is 2.06. The van der Waals surface area contributed by atoms with Gasteiger partial charge >= 0.3 is 0 Å². The van der Waals surface area contributed by atoms with Crippen molar-refractivity contribution in [2.45, 2.75) is 13.0 Å². The Labute approximate surface area is 72.5 Å². The minimum Gasteiger partial charge on any atom is -0.487 e. The molecule has 1 aromatic carbocycles. The van der Waals surface area contributed by atoms with Crippen LogP contribution in [0.15, 0.2) is 18.2 Å². The van der Waals surface area contributed by atoms with Crippen LogP contribution in [0.2, 0.25) is 0 Å². The van der Waals surface area contributed by atoms with Gasteiger partial charge in [0.2, 0.25) is 0 Å². The number of hydrogen-bond donors (Lipinski definition) is 1. The zero-order valence-electron chi connectivity index (χ0n) is 7.13. The highest BCUT2D eigenvalue weighted by Crippen LogP contribution is 2.18. The summed E-state index contributed by atoms with van der Waals surface area (Å²) >= 11 is 0. The average molecular weight is 162 g/mol. The van der Waals surface area contributed by atoms with Gasteiger partial charge < -0.3 is 10.1 Å². The number of nitrogens with one attached hydrogen (secondary N) is 1. The molecule has 0 amide bonds. The highest BCUT2D eigenvalue weighted by atomic mass is 16.5. The standard InChI is InChI=1S/C10H12NO/c1-8-4-2-3-5-10(8)12-9-6-11-7-9/h3-5,9,11H,6-7H2,1H3. The molecule has 2 rings (SSSR count). The Kier molecular flexibility index (Phi) is 2.00. The predicted octanol–water partition coefficient (Wildman–Crippen LogP) is 1.15. The van der Waals surface area contributed by atoms with Crippen molar-refractivity contribution in [2.75, 3.05) is 13.1 Å². The molecule has 1 fully saturated rings. The minimum absolute atomic E-state index is 0.367. The van der Waals surface area contributed by atoms with Gasteiger partial charge in [0.15, 0.2) is 0 Å². The Morgan fingerprint density at radius 1 is 1.58 bits per heavy atom. The van der Waals surface area contributed by atoms with Crippen LogP contribution in [0.25, 0.3) is 0 Å². The quantitative estimate of drug-likeness (QED) is 0.704. The topological polar surface area (TPSA) is 21.3 Å². The van der Waals surface area contributed by atoms with Crippen LogP contribution in [0.1, 0.15) is 5.56 Å². The van der Waals surface area contributed by atoms with Gasteiger partial charge in [-0.1, -0.05) is 6.07 Å². The summed E-state index contributed by atoms with van der Waals surface area (Å²) in [7, 11) is 0. The van der Waals surface area contributed by atoms with Gasteiger partial charge in [-0.25, -0.2) is 0 Å². The Hall–Kier alpha value is -1.02. The van der Waals surface area contributed by atoms with E-state index in [9.17, 15) is 0 Å². The van der Waals surface area contributed by atoms with Gasteiger partial charge in [-0.15, -0.1) is 0 Å². The van der Waals surface area contributed by atoms with Crippen molar-refractivity contribution < 1.29 is 4.74 Å². The summed E-state index contributed by atoms with van der Waals surface area (Å²) in [5, 5.41) is 3.17. The smallest absolute Gasteiger partial charge is 0.123 e. The molecule has 63 valence electrons. The molecule has 2 nitrogen and oxygen atoms in total. The molecule has 1 heterocycles. The first-order valence-corrected chi connectivity index (χ1v) is 4.20. The predicted molar refractivity (Wildman–Crippen MR) is 47.3 cm³/mol. The third-order valence-corrected chi connectivity index (χ3v) is 2.06. The van der Waals surface area contributed by atoms with E-state index in [0.717, 1.165) is 24.4 Å². The summed E-state index contributed by atoms with van der Waals surface area (Å²) < 4.78 is 5.70. The zero-order chi connectivity index (χ0) is 8.39. The summed E-state index contributed by atoms with van der Waals surface area (Å²) in [4.78, 5) is 0. The van der Waals surface area contributed by atoms with Crippen LogP contribution in [-0.4, -0.2) is 19.2 Å². The molecule has 1 aromatic rings. The van der Waals surface area contributed by atoms with E-state index in [0.29, 0.717) is 6.10 Å². The Bertz CT molecular complexity index is 268. The Morgan fingerprint density at radius 2 is 2.42 bits per heavy atom. The van der Waals surface area contributed by atoms with Crippen molar-refractivity contribution in [1.82, 2.24) is 5.32 Å². The third kappa shape index (κ3) is 1.43. The summed E-state index contributed by atoms with van der Waals surface area (Å²) in [6.45, 7) is 3.98. The molecule has 1 aliphatic heterocycles. The molecule has 1 N–H and O–H groups in total. The van der Waals surface area contributed by atoms with Gasteiger partial charge in [0.05, 0.1) is 0 Å². The molecular weight excluding hydrogens is 150 g/mol. The van der Waals surface area contributed by atoms with Crippen molar-refractivity contribution in [3.8, 4) is 5.75 Å². The number of aryl methyl sites for hydroxylation is 1. The van der Waals surface area contributed by atoms with E-state index >= 15 is 0 Å². The van der Waals surface area contributed by atoms with E-state index in [2.05, 4.69) is 11.4 Å². The molecule has 0 aliphatic carbocycles. The Morgan fingerprint density at radius 3 is 3.00 bits per heavy atom. The third-order valence-electron chi connectivity index (χ3n) is 2.06. The molecule has 12 heavy (non-hydrogen) atoms. The molecule has 1 aliphatic rings. The highest BCUT2D eigenvalue weighted by molar-refractivity contribution is 5.31. The molecule has 0 spiro atoms. The van der Waals surface area contributed by atoms with E-state index in [1.165, 1.54) is 0 Å². The molecule has 0 unspecified atom stereocenters. The van der Waals surface area contributed by atoms with Gasteiger partial charge in [0.25, 0.3) is 0 Å². The second-order valence-corrected chi connectivity index (χ2v) is 3.09. The lowest BCUT2D eigenvalue weighted by atomic mass is 10.2. The van der Waals surface area contributed by atoms with Crippen LogP contribution >= 0.6 is 0 Å². The maximum Gasteiger partial charge on any atom is 0.123 e. The molecule has 0 aromatic heterocycles. The summed E-state index contributed by atoms with van der Waals surface area (Å²) in [5.41, 5.74) is 1.16. The fraction of sp³-hybridized carbons (Fsp3) is 0.400. The van der Waals surface area contributed by atoms with Crippen molar-refractivity contribution >= 4 is 0 Å². The first-order valence-electron chi connectivity index (χ1n) is 4.20. The molecule has 0 atom stereocenters. The van der Waals surface area contributed by atoms with E-state index in [4.69, 9.17) is 4.74 Å². The molecule has 0 bridgehead atoms. The number of hydrogen-bond acceptors (Lipinski definition) is 2. The fourth-order valence-electron chi connectivity index (χ4n) is 1.16. The number of ether oxygens (including phenoxy) is 1. The fourth-order valence-corrected chi connectivity index (χ4v) is 1.16. The van der Waals surface area contributed by atoms with Crippen LogP contribution in [0.3, 0.4) is 0 Å². The number of rotatable bonds is 2. The zero-order valence-corrected chi connectivity index (χ0v) is 7.13. The van der Waals surface area contributed by atoms with Crippen LogP contribution in [0.5, 0.6) is 5.75 Å². The van der Waals surface area contributed by atoms with Crippen molar-refractivity contribution in [3.05, 3.63) is 29.8 Å². The largest absolute Gasteiger partial charge is 0.487 e. The van der Waals surface area contributed by atoms with Gasteiger partial charge in [-0.2, -0.15) is 0 Å². The van der Waals surface area contributed by atoms with Crippen molar-refractivity contribution in [3.63, 3.8) is 0 Å². The second kappa shape index (κ2) is 3.15. The maximum atomic E-state index is 5.70. The summed E-state index contributed by atoms with van der Waals surface area (Å²) in [5.74, 6) is 0.986. The van der Waals surface area contributed by atoms with Gasteiger partial charge in [0.1, 0.15) is 11.9 Å². The highest BCUT2D eigenvalue weighted by Gasteiger charge is 2.18. The van der Waals surface area contributed by atoms with E-state index in [1.807, 2.05) is 25.1 Å². The molecular formula is C10H12NO. The van der Waals surface area contributed by atoms with Crippen LogP contribution in [0.4, 0.5) is 0 Å². The summed E-state index contributed by atoms with van der Waals surface area (Å²) in [6, 6.07) is 8.81. The molecule has 1 saturated heterocycles. The normalized spacial score (nSPS) is 17.1. The average Bonchev–Trinajstić information content (AvgIpc) is 2.00. The SMILES string of the molecule is Cc1c[c]ccc1OC1CNC1. The first kappa shape index (κ1) is 7.62. The monoisotopic (exact) mass is 162 g/mol. The lowest BCUT2D eigenvalue weighted by Gasteiger charge is -2.28. The van der Waals surface area contributed by atoms with Gasteiger partial charge in [0, 0.05) is 13.1 Å². The van der Waals surface area contributed by atoms with Crippen molar-refractivity contribution in [1.29, 1.82) is 0 Å². The summed E-state index contributed by atoms with van der Waals surface area (Å²) in [6.07, 6.45) is 0.367. The lowest BCUT2D eigenvalue weighted by molar-refractivity contribution is 0.141. The van der Waals surface area contributed by atoms with E-state index in [-0.39, 0.29) is 0 Å².